The van der Waals surface area contributed by atoms with Crippen molar-refractivity contribution in [1.29, 1.82) is 0 Å². The van der Waals surface area contributed by atoms with E-state index >= 15 is 0 Å². The van der Waals surface area contributed by atoms with Crippen LogP contribution < -0.4 is 5.32 Å². The van der Waals surface area contributed by atoms with Crippen molar-refractivity contribution in [2.75, 3.05) is 12.4 Å². The van der Waals surface area contributed by atoms with E-state index in [1.807, 2.05) is 0 Å². The zero-order valence-electron chi connectivity index (χ0n) is 11.1. The van der Waals surface area contributed by atoms with Gasteiger partial charge in [0.2, 0.25) is 0 Å². The molecule has 0 aromatic heterocycles. The first-order valence-corrected chi connectivity index (χ1v) is 6.86. The van der Waals surface area contributed by atoms with Crippen LogP contribution in [0.1, 0.15) is 15.9 Å². The van der Waals surface area contributed by atoms with Gasteiger partial charge in [-0.2, -0.15) is 0 Å². The number of rotatable bonds is 4. The molecular formula is C15H12BrF2NO2. The summed E-state index contributed by atoms with van der Waals surface area (Å²) in [6, 6.07) is 8.01. The van der Waals surface area contributed by atoms with Gasteiger partial charge >= 0.3 is 5.97 Å². The molecule has 0 aliphatic carbocycles. The van der Waals surface area contributed by atoms with Crippen molar-refractivity contribution in [2.24, 2.45) is 0 Å². The van der Waals surface area contributed by atoms with Crippen molar-refractivity contribution >= 4 is 27.6 Å². The van der Waals surface area contributed by atoms with Crippen LogP contribution in [0.2, 0.25) is 0 Å². The number of ether oxygens (including phenoxy) is 1. The second-order valence-corrected chi connectivity index (χ2v) is 5.13. The normalized spacial score (nSPS) is 10.3. The van der Waals surface area contributed by atoms with E-state index in [9.17, 15) is 13.6 Å². The zero-order valence-corrected chi connectivity index (χ0v) is 12.7. The summed E-state index contributed by atoms with van der Waals surface area (Å²) in [5.41, 5.74) is 1.33. The number of carbonyl (C=O) groups is 1. The molecule has 21 heavy (non-hydrogen) atoms. The van der Waals surface area contributed by atoms with Crippen LogP contribution >= 0.6 is 15.9 Å². The van der Waals surface area contributed by atoms with E-state index in [4.69, 9.17) is 0 Å². The lowest BCUT2D eigenvalue weighted by Gasteiger charge is -2.12. The molecular weight excluding hydrogens is 344 g/mol. The Balaban J connectivity index is 2.23. The van der Waals surface area contributed by atoms with Crippen LogP contribution in [0, 0.1) is 11.6 Å². The van der Waals surface area contributed by atoms with Crippen molar-refractivity contribution in [3.63, 3.8) is 0 Å². The Labute approximate surface area is 129 Å². The number of esters is 1. The maximum atomic E-state index is 13.3. The SMILES string of the molecule is COC(=O)c1ccc(F)cc1NCc1ccc(F)cc1Br. The first kappa shape index (κ1) is 15.4. The van der Waals surface area contributed by atoms with Crippen molar-refractivity contribution < 1.29 is 18.3 Å². The Morgan fingerprint density at radius 1 is 1.19 bits per heavy atom. The van der Waals surface area contributed by atoms with E-state index in [1.165, 1.54) is 37.4 Å². The van der Waals surface area contributed by atoms with Crippen LogP contribution in [0.5, 0.6) is 0 Å². The van der Waals surface area contributed by atoms with Crippen LogP contribution in [-0.2, 0) is 11.3 Å². The lowest BCUT2D eigenvalue weighted by molar-refractivity contribution is 0.0602. The number of hydrogen-bond donors (Lipinski definition) is 1. The Morgan fingerprint density at radius 3 is 2.52 bits per heavy atom. The van der Waals surface area contributed by atoms with E-state index in [1.54, 1.807) is 6.07 Å². The van der Waals surface area contributed by atoms with E-state index < -0.39 is 11.8 Å². The summed E-state index contributed by atoms with van der Waals surface area (Å²) in [4.78, 5) is 11.6. The van der Waals surface area contributed by atoms with Gasteiger partial charge in [0, 0.05) is 11.0 Å². The third kappa shape index (κ3) is 3.78. The summed E-state index contributed by atoms with van der Waals surface area (Å²) in [6.07, 6.45) is 0. The molecule has 6 heteroatoms. The molecule has 0 saturated heterocycles. The van der Waals surface area contributed by atoms with Gasteiger partial charge in [-0.25, -0.2) is 13.6 Å². The molecule has 0 radical (unpaired) electrons. The molecule has 2 aromatic carbocycles. The summed E-state index contributed by atoms with van der Waals surface area (Å²) in [5.74, 6) is -1.38. The third-order valence-electron chi connectivity index (χ3n) is 2.87. The van der Waals surface area contributed by atoms with Gasteiger partial charge in [0.05, 0.1) is 18.4 Å². The summed E-state index contributed by atoms with van der Waals surface area (Å²) in [7, 11) is 1.26. The van der Waals surface area contributed by atoms with Gasteiger partial charge in [-0.05, 0) is 35.9 Å². The Hall–Kier alpha value is -1.95. The minimum absolute atomic E-state index is 0.233. The summed E-state index contributed by atoms with van der Waals surface area (Å²) >= 11 is 3.25. The fraction of sp³-hybridized carbons (Fsp3) is 0.133. The summed E-state index contributed by atoms with van der Waals surface area (Å²) < 4.78 is 31.6. The minimum Gasteiger partial charge on any atom is -0.465 e. The van der Waals surface area contributed by atoms with E-state index in [-0.39, 0.29) is 11.4 Å². The summed E-state index contributed by atoms with van der Waals surface area (Å²) in [6.45, 7) is 0.300. The fourth-order valence-corrected chi connectivity index (χ4v) is 2.30. The molecule has 0 unspecified atom stereocenters. The standard InChI is InChI=1S/C15H12BrF2NO2/c1-21-15(20)12-5-4-11(18)7-14(12)19-8-9-2-3-10(17)6-13(9)16/h2-7,19H,8H2,1H3. The molecule has 0 aliphatic heterocycles. The molecule has 0 fully saturated rings. The lowest BCUT2D eigenvalue weighted by Crippen LogP contribution is -2.09. The molecule has 2 rings (SSSR count). The molecule has 3 nitrogen and oxygen atoms in total. The number of benzene rings is 2. The third-order valence-corrected chi connectivity index (χ3v) is 3.61. The molecule has 0 atom stereocenters. The van der Waals surface area contributed by atoms with Gasteiger partial charge in [0.15, 0.2) is 0 Å². The Kier molecular flexibility index (Phi) is 4.90. The van der Waals surface area contributed by atoms with Crippen LogP contribution in [0.25, 0.3) is 0 Å². The number of halogens is 3. The summed E-state index contributed by atoms with van der Waals surface area (Å²) in [5, 5.41) is 2.95. The van der Waals surface area contributed by atoms with Gasteiger partial charge in [-0.15, -0.1) is 0 Å². The van der Waals surface area contributed by atoms with Gasteiger partial charge in [0.1, 0.15) is 11.6 Å². The first-order valence-electron chi connectivity index (χ1n) is 6.07. The van der Waals surface area contributed by atoms with E-state index in [0.717, 1.165) is 5.56 Å². The number of anilines is 1. The quantitative estimate of drug-likeness (QED) is 0.838. The molecule has 0 bridgehead atoms. The molecule has 0 heterocycles. The molecule has 0 amide bonds. The highest BCUT2D eigenvalue weighted by atomic mass is 79.9. The number of carbonyl (C=O) groups excluding carboxylic acids is 1. The van der Waals surface area contributed by atoms with Crippen molar-refractivity contribution in [3.8, 4) is 0 Å². The van der Waals surface area contributed by atoms with Crippen molar-refractivity contribution in [2.45, 2.75) is 6.54 Å². The first-order chi connectivity index (χ1) is 10.0. The minimum atomic E-state index is -0.560. The average molecular weight is 356 g/mol. The molecule has 0 saturated carbocycles. The largest absolute Gasteiger partial charge is 0.465 e. The van der Waals surface area contributed by atoms with Crippen molar-refractivity contribution in [3.05, 3.63) is 63.6 Å². The van der Waals surface area contributed by atoms with Gasteiger partial charge in [-0.1, -0.05) is 22.0 Å². The molecule has 0 spiro atoms. The smallest absolute Gasteiger partial charge is 0.339 e. The molecule has 1 N–H and O–H groups in total. The lowest BCUT2D eigenvalue weighted by atomic mass is 10.1. The molecule has 0 aliphatic rings. The Morgan fingerprint density at radius 2 is 1.86 bits per heavy atom. The number of hydrogen-bond acceptors (Lipinski definition) is 3. The van der Waals surface area contributed by atoms with Crippen LogP contribution in [0.15, 0.2) is 40.9 Å². The Bertz CT molecular complexity index is 677. The predicted octanol–water partition coefficient (Wildman–Crippen LogP) is 4.13. The van der Waals surface area contributed by atoms with Gasteiger partial charge in [-0.3, -0.25) is 0 Å². The maximum absolute atomic E-state index is 13.3. The van der Waals surface area contributed by atoms with Crippen LogP contribution in [0.3, 0.4) is 0 Å². The molecule has 110 valence electrons. The average Bonchev–Trinajstić information content (AvgIpc) is 2.45. The fourth-order valence-electron chi connectivity index (χ4n) is 1.81. The van der Waals surface area contributed by atoms with E-state index in [0.29, 0.717) is 16.7 Å². The highest BCUT2D eigenvalue weighted by Crippen LogP contribution is 2.22. The van der Waals surface area contributed by atoms with E-state index in [2.05, 4.69) is 26.0 Å². The molecule has 2 aromatic rings. The zero-order chi connectivity index (χ0) is 15.4. The number of methoxy groups -OCH3 is 1. The number of nitrogens with one attached hydrogen (secondary N) is 1. The highest BCUT2D eigenvalue weighted by Gasteiger charge is 2.13. The van der Waals surface area contributed by atoms with Gasteiger partial charge in [0.25, 0.3) is 0 Å². The van der Waals surface area contributed by atoms with Crippen LogP contribution in [-0.4, -0.2) is 13.1 Å². The highest BCUT2D eigenvalue weighted by molar-refractivity contribution is 9.10. The van der Waals surface area contributed by atoms with Crippen molar-refractivity contribution in [1.82, 2.24) is 0 Å². The van der Waals surface area contributed by atoms with Crippen LogP contribution in [0.4, 0.5) is 14.5 Å². The predicted molar refractivity (Wildman–Crippen MR) is 79.2 cm³/mol. The second kappa shape index (κ2) is 6.67. The second-order valence-electron chi connectivity index (χ2n) is 4.27. The topological polar surface area (TPSA) is 38.3 Å². The monoisotopic (exact) mass is 355 g/mol. The maximum Gasteiger partial charge on any atom is 0.339 e. The van der Waals surface area contributed by atoms with Gasteiger partial charge < -0.3 is 10.1 Å².